The highest BCUT2D eigenvalue weighted by Crippen LogP contribution is 2.42. The number of hydrogen-bond donors (Lipinski definition) is 6. The first-order chi connectivity index (χ1) is 47.6. The molecule has 25 heteroatoms. The molecule has 24 nitrogen and oxygen atoms in total. The number of benzene rings is 3. The van der Waals surface area contributed by atoms with E-state index in [1.54, 1.807) is 27.1 Å². The predicted molar refractivity (Wildman–Crippen MR) is 379 cm³/mol. The molecular weight excluding hydrogens is 1280 g/mol. The topological polar surface area (TPSA) is 292 Å². The molecule has 6 heterocycles. The maximum atomic E-state index is 14.7. The van der Waals surface area contributed by atoms with E-state index in [1.807, 2.05) is 91.5 Å². The molecule has 4 aliphatic rings. The zero-order valence-electron chi connectivity index (χ0n) is 58.9. The van der Waals surface area contributed by atoms with Gasteiger partial charge in [0.05, 0.1) is 70.0 Å². The van der Waals surface area contributed by atoms with E-state index in [2.05, 4.69) is 82.7 Å². The molecule has 10 rings (SSSR count). The van der Waals surface area contributed by atoms with Crippen molar-refractivity contribution in [2.24, 2.45) is 29.6 Å². The molecule has 3 aromatic heterocycles. The van der Waals surface area contributed by atoms with Crippen molar-refractivity contribution < 1.29 is 57.3 Å². The molecular formula is C74H98N12O12S. The molecule has 1 saturated carbocycles. The number of rotatable bonds is 21. The minimum atomic E-state index is -1.00. The first kappa shape index (κ1) is 74.0. The van der Waals surface area contributed by atoms with Crippen molar-refractivity contribution in [3.05, 3.63) is 114 Å². The lowest BCUT2D eigenvalue weighted by Gasteiger charge is -2.40. The van der Waals surface area contributed by atoms with Crippen molar-refractivity contribution in [1.29, 1.82) is 0 Å². The summed E-state index contributed by atoms with van der Waals surface area (Å²) in [6.45, 7) is 16.2. The van der Waals surface area contributed by atoms with Crippen LogP contribution in [0, 0.1) is 29.6 Å². The number of urea groups is 1. The molecule has 4 atom stereocenters. The minimum Gasteiger partial charge on any atom is -0.465 e. The maximum Gasteiger partial charge on any atom is 0.407 e. The second kappa shape index (κ2) is 34.5. The average molecular weight is 1380 g/mol. The number of amides is 8. The summed E-state index contributed by atoms with van der Waals surface area (Å²) in [5.41, 5.74) is 6.98. The van der Waals surface area contributed by atoms with Crippen LogP contribution in [0.3, 0.4) is 0 Å². The Balaban J connectivity index is 0.000000870. The van der Waals surface area contributed by atoms with E-state index in [-0.39, 0.29) is 78.8 Å². The molecule has 99 heavy (non-hydrogen) atoms. The molecule has 0 unspecified atom stereocenters. The highest BCUT2D eigenvalue weighted by molar-refractivity contribution is 7.18. The maximum absolute atomic E-state index is 14.7. The molecule has 3 aliphatic heterocycles. The first-order valence-corrected chi connectivity index (χ1v) is 35.5. The van der Waals surface area contributed by atoms with Crippen molar-refractivity contribution in [3.8, 4) is 44.1 Å². The van der Waals surface area contributed by atoms with Gasteiger partial charge >= 0.3 is 30.3 Å². The van der Waals surface area contributed by atoms with Crippen LogP contribution in [-0.2, 0) is 33.3 Å². The Hall–Kier alpha value is -9.26. The van der Waals surface area contributed by atoms with Gasteiger partial charge in [-0.25, -0.2) is 33.9 Å². The number of anilines is 1. The number of methoxy groups -OCH3 is 4. The SMILES string of the molecule is COC(=O)NC(C(C)C)C(C)C.COC(=O)N[C@@H](CCNC(=O)N1CCC(N(C(=O)C2CCC(C)CC2)c2cc(-c3ccccc3)sc2C(=O)OC)CC1)C(=O)N1CCC[C@H]1c1ncc(-c2ccc(-c3ccc(-c4cnc([C@@H]5CCCN5C(=O)[C@@H](NC(=O)OC)C(C)C)[nH]4)cc3)cc2)[nH]1. The summed E-state index contributed by atoms with van der Waals surface area (Å²) in [6, 6.07) is 25.3. The van der Waals surface area contributed by atoms with Gasteiger partial charge in [0.15, 0.2) is 0 Å². The molecule has 3 aromatic carbocycles. The molecule has 6 N–H and O–H groups in total. The number of hydrogen-bond acceptors (Lipinski definition) is 15. The molecule has 8 amide bonds. The van der Waals surface area contributed by atoms with Gasteiger partial charge in [0.1, 0.15) is 28.6 Å². The van der Waals surface area contributed by atoms with E-state index in [9.17, 15) is 38.4 Å². The highest BCUT2D eigenvalue weighted by Gasteiger charge is 2.41. The van der Waals surface area contributed by atoms with Crippen LogP contribution in [0.1, 0.15) is 152 Å². The number of aromatic amines is 2. The van der Waals surface area contributed by atoms with Crippen LogP contribution in [0.15, 0.2) is 97.3 Å². The number of piperidine rings is 1. The number of esters is 1. The highest BCUT2D eigenvalue weighted by atomic mass is 32.1. The molecule has 1 aliphatic carbocycles. The van der Waals surface area contributed by atoms with Gasteiger partial charge in [-0.1, -0.05) is 127 Å². The lowest BCUT2D eigenvalue weighted by molar-refractivity contribution is -0.135. The van der Waals surface area contributed by atoms with Crippen molar-refractivity contribution in [2.45, 2.75) is 155 Å². The summed E-state index contributed by atoms with van der Waals surface area (Å²) in [7, 11) is 5.25. The van der Waals surface area contributed by atoms with E-state index in [0.717, 1.165) is 89.0 Å². The van der Waals surface area contributed by atoms with Crippen LogP contribution in [0.5, 0.6) is 0 Å². The fourth-order valence-electron chi connectivity index (χ4n) is 14.0. The summed E-state index contributed by atoms with van der Waals surface area (Å²) < 4.78 is 19.5. The number of aromatic nitrogens is 4. The Morgan fingerprint density at radius 3 is 1.59 bits per heavy atom. The van der Waals surface area contributed by atoms with Crippen LogP contribution in [0.25, 0.3) is 44.1 Å². The van der Waals surface area contributed by atoms with Crippen LogP contribution in [-0.4, -0.2) is 168 Å². The Labute approximate surface area is 584 Å². The Kier molecular flexibility index (Phi) is 25.8. The van der Waals surface area contributed by atoms with Crippen LogP contribution in [0.4, 0.5) is 24.9 Å². The largest absolute Gasteiger partial charge is 0.465 e. The van der Waals surface area contributed by atoms with Gasteiger partial charge in [0, 0.05) is 55.6 Å². The van der Waals surface area contributed by atoms with E-state index in [1.165, 1.54) is 39.8 Å². The standard InChI is InChI=1S/C65H79N11O10S.C9H19NO2/c1-39(2)55(72-65(83)86-6)61(79)75-33-11-15-52(75)58-68-38-50(70-58)44-26-22-42(23-27-44)41-20-24-43(25-21-41)49-37-67-57(69-49)51-14-10-32-74(51)60(78)48(71-64(82)85-5)28-31-66-63(81)73-34-29-47(30-35-73)76(59(77)46-18-16-40(3)17-19-46)53-36-54(45-12-8-7-9-13-45)87-56(53)62(80)84-4;1-6(2)8(7(3)4)10-9(11)12-5/h7-9,12-13,20-27,36-40,46-48,51-52,55H,10-11,14-19,28-35H2,1-6H3,(H,66,81)(H,67,69)(H,68,70)(H,71,82)(H,72,83);6-8H,1-5H3,(H,10,11)/t40?,46?,48-,51-,52-,55-;/m0./s1. The number of carbonyl (C=O) groups is 8. The number of H-pyrrole nitrogens is 2. The minimum absolute atomic E-state index is 0.00218. The average Bonchev–Trinajstić information content (AvgIpc) is 1.67. The molecule has 0 spiro atoms. The molecule has 3 saturated heterocycles. The van der Waals surface area contributed by atoms with Gasteiger partial charge in [-0.15, -0.1) is 11.3 Å². The van der Waals surface area contributed by atoms with Crippen LogP contribution < -0.4 is 26.2 Å². The normalized spacial score (nSPS) is 18.5. The molecule has 6 aromatic rings. The second-order valence-corrected chi connectivity index (χ2v) is 28.2. The van der Waals surface area contributed by atoms with Gasteiger partial charge in [-0.2, -0.15) is 0 Å². The number of carbonyl (C=O) groups excluding carboxylic acids is 8. The zero-order chi connectivity index (χ0) is 71.0. The number of ether oxygens (including phenoxy) is 4. The zero-order valence-corrected chi connectivity index (χ0v) is 59.7. The van der Waals surface area contributed by atoms with Crippen molar-refractivity contribution in [3.63, 3.8) is 0 Å². The van der Waals surface area contributed by atoms with Gasteiger partial charge in [-0.3, -0.25) is 14.4 Å². The smallest absolute Gasteiger partial charge is 0.407 e. The third-order valence-corrected chi connectivity index (χ3v) is 20.7. The Bertz CT molecular complexity index is 3700. The quantitative estimate of drug-likeness (QED) is 0.0289. The summed E-state index contributed by atoms with van der Waals surface area (Å²) in [5, 5.41) is 11.2. The number of likely N-dealkylation sites (tertiary alicyclic amines) is 3. The number of imidazole rings is 2. The van der Waals surface area contributed by atoms with E-state index < -0.39 is 30.2 Å². The molecule has 0 bridgehead atoms. The molecule has 532 valence electrons. The van der Waals surface area contributed by atoms with E-state index in [0.29, 0.717) is 85.4 Å². The third-order valence-electron chi connectivity index (χ3n) is 19.5. The van der Waals surface area contributed by atoms with Crippen molar-refractivity contribution >= 4 is 65.0 Å². The number of thiophene rings is 1. The van der Waals surface area contributed by atoms with Gasteiger partial charge in [0.25, 0.3) is 0 Å². The Morgan fingerprint density at radius 1 is 0.576 bits per heavy atom. The van der Waals surface area contributed by atoms with E-state index in [4.69, 9.17) is 24.2 Å². The van der Waals surface area contributed by atoms with Crippen LogP contribution in [0.2, 0.25) is 0 Å². The number of alkyl carbamates (subject to hydrolysis) is 3. The summed E-state index contributed by atoms with van der Waals surface area (Å²) in [5.74, 6) is 1.46. The van der Waals surface area contributed by atoms with Crippen LogP contribution >= 0.6 is 11.3 Å². The summed E-state index contributed by atoms with van der Waals surface area (Å²) in [4.78, 5) is 130. The molecule has 0 radical (unpaired) electrons. The second-order valence-electron chi connectivity index (χ2n) is 27.2. The number of nitrogens with one attached hydrogen (secondary N) is 6. The number of nitrogens with zero attached hydrogens (tertiary/aromatic N) is 6. The van der Waals surface area contributed by atoms with Gasteiger partial charge in [0.2, 0.25) is 17.7 Å². The summed E-state index contributed by atoms with van der Waals surface area (Å²) >= 11 is 1.31. The van der Waals surface area contributed by atoms with Gasteiger partial charge in [-0.05, 0) is 128 Å². The summed E-state index contributed by atoms with van der Waals surface area (Å²) in [6.07, 6.45) is 9.31. The molecule has 4 fully saturated rings. The lowest BCUT2D eigenvalue weighted by atomic mass is 9.82. The van der Waals surface area contributed by atoms with Crippen molar-refractivity contribution in [1.82, 2.24) is 55.9 Å². The Morgan fingerprint density at radius 2 is 1.08 bits per heavy atom. The predicted octanol–water partition coefficient (Wildman–Crippen LogP) is 12.5. The third kappa shape index (κ3) is 18.4. The van der Waals surface area contributed by atoms with E-state index >= 15 is 0 Å². The fraction of sp³-hybridized carbons (Fsp3) is 0.514. The monoisotopic (exact) mass is 1380 g/mol. The lowest BCUT2D eigenvalue weighted by Crippen LogP contribution is -2.53. The van der Waals surface area contributed by atoms with Gasteiger partial charge < -0.3 is 69.8 Å². The fourth-order valence-corrected chi connectivity index (χ4v) is 15.0. The van der Waals surface area contributed by atoms with Crippen molar-refractivity contribution in [2.75, 3.05) is 66.1 Å². The first-order valence-electron chi connectivity index (χ1n) is 34.7.